The number of hydrogen-bond donors (Lipinski definition) is 3. The van der Waals surface area contributed by atoms with E-state index in [9.17, 15) is 9.59 Å². The normalized spacial score (nSPS) is 12.1. The number of rotatable bonds is 7. The summed E-state index contributed by atoms with van der Waals surface area (Å²) in [5.74, 6) is -0.244. The molecule has 0 aliphatic rings. The van der Waals surface area contributed by atoms with Gasteiger partial charge in [0.2, 0.25) is 11.8 Å². The number of aromatic nitrogens is 1. The summed E-state index contributed by atoms with van der Waals surface area (Å²) in [5.41, 5.74) is 2.19. The van der Waals surface area contributed by atoms with Gasteiger partial charge in [0.25, 0.3) is 0 Å². The molecule has 1 aromatic carbocycles. The molecule has 0 aliphatic carbocycles. The SMILES string of the molecule is CCCNC(=O)[C@@H](C)NC(=O)CCc1c[nH]c2ccccc12. The van der Waals surface area contributed by atoms with Gasteiger partial charge >= 0.3 is 0 Å². The summed E-state index contributed by atoms with van der Waals surface area (Å²) in [6, 6.07) is 7.52. The van der Waals surface area contributed by atoms with Crippen molar-refractivity contribution in [3.05, 3.63) is 36.0 Å². The summed E-state index contributed by atoms with van der Waals surface area (Å²) in [7, 11) is 0. The van der Waals surface area contributed by atoms with Crippen molar-refractivity contribution in [1.29, 1.82) is 0 Å². The van der Waals surface area contributed by atoms with E-state index in [0.717, 1.165) is 22.9 Å². The first-order valence-electron chi connectivity index (χ1n) is 7.74. The molecule has 2 aromatic rings. The number of nitrogens with one attached hydrogen (secondary N) is 3. The number of carbonyl (C=O) groups is 2. The van der Waals surface area contributed by atoms with Crippen LogP contribution in [0.2, 0.25) is 0 Å². The van der Waals surface area contributed by atoms with Gasteiger partial charge in [-0.1, -0.05) is 25.1 Å². The van der Waals surface area contributed by atoms with Crippen LogP contribution in [0.3, 0.4) is 0 Å². The lowest BCUT2D eigenvalue weighted by Crippen LogP contribution is -2.45. The molecule has 0 bridgehead atoms. The van der Waals surface area contributed by atoms with Crippen molar-refractivity contribution in [2.75, 3.05) is 6.54 Å². The van der Waals surface area contributed by atoms with Gasteiger partial charge in [0.05, 0.1) is 0 Å². The zero-order chi connectivity index (χ0) is 15.9. The Balaban J connectivity index is 1.84. The van der Waals surface area contributed by atoms with Crippen LogP contribution < -0.4 is 10.6 Å². The molecule has 0 saturated carbocycles. The summed E-state index contributed by atoms with van der Waals surface area (Å²) in [6.07, 6.45) is 3.84. The molecular formula is C17H23N3O2. The Morgan fingerprint density at radius 2 is 2.05 bits per heavy atom. The second kappa shape index (κ2) is 7.64. The quantitative estimate of drug-likeness (QED) is 0.733. The maximum atomic E-state index is 12.0. The van der Waals surface area contributed by atoms with E-state index in [4.69, 9.17) is 0 Å². The Hall–Kier alpha value is -2.30. The van der Waals surface area contributed by atoms with Crippen molar-refractivity contribution in [2.24, 2.45) is 0 Å². The number of amides is 2. The molecule has 3 N–H and O–H groups in total. The summed E-state index contributed by atoms with van der Waals surface area (Å²) in [6.45, 7) is 4.33. The second-order valence-corrected chi connectivity index (χ2v) is 5.44. The van der Waals surface area contributed by atoms with Crippen LogP contribution in [0.1, 0.15) is 32.3 Å². The number of carbonyl (C=O) groups excluding carboxylic acids is 2. The average molecular weight is 301 g/mol. The van der Waals surface area contributed by atoms with Gasteiger partial charge in [-0.25, -0.2) is 0 Å². The lowest BCUT2D eigenvalue weighted by Gasteiger charge is -2.13. The van der Waals surface area contributed by atoms with Crippen LogP contribution in [-0.2, 0) is 16.0 Å². The van der Waals surface area contributed by atoms with Crippen LogP contribution in [-0.4, -0.2) is 29.4 Å². The maximum absolute atomic E-state index is 12.0. The molecule has 22 heavy (non-hydrogen) atoms. The summed E-state index contributed by atoms with van der Waals surface area (Å²) < 4.78 is 0. The zero-order valence-electron chi connectivity index (χ0n) is 13.1. The third kappa shape index (κ3) is 4.10. The first-order chi connectivity index (χ1) is 10.6. The van der Waals surface area contributed by atoms with E-state index < -0.39 is 6.04 Å². The van der Waals surface area contributed by atoms with Crippen molar-refractivity contribution in [1.82, 2.24) is 15.6 Å². The van der Waals surface area contributed by atoms with Gasteiger partial charge in [-0.3, -0.25) is 9.59 Å². The monoisotopic (exact) mass is 301 g/mol. The number of aromatic amines is 1. The largest absolute Gasteiger partial charge is 0.361 e. The lowest BCUT2D eigenvalue weighted by atomic mass is 10.1. The highest BCUT2D eigenvalue weighted by molar-refractivity contribution is 5.88. The molecule has 0 radical (unpaired) electrons. The Morgan fingerprint density at radius 3 is 2.82 bits per heavy atom. The average Bonchev–Trinajstić information content (AvgIpc) is 2.93. The standard InChI is InChI=1S/C17H23N3O2/c1-3-10-18-17(22)12(2)20-16(21)9-8-13-11-19-15-7-5-4-6-14(13)15/h4-7,11-12,19H,3,8-10H2,1-2H3,(H,18,22)(H,20,21)/t12-/m1/s1. The Labute approximate surface area is 130 Å². The highest BCUT2D eigenvalue weighted by Gasteiger charge is 2.15. The van der Waals surface area contributed by atoms with Gasteiger partial charge in [0.15, 0.2) is 0 Å². The maximum Gasteiger partial charge on any atom is 0.242 e. The van der Waals surface area contributed by atoms with E-state index in [1.54, 1.807) is 6.92 Å². The molecule has 0 unspecified atom stereocenters. The van der Waals surface area contributed by atoms with E-state index in [1.165, 1.54) is 0 Å². The van der Waals surface area contributed by atoms with Crippen LogP contribution in [0.5, 0.6) is 0 Å². The zero-order valence-corrected chi connectivity index (χ0v) is 13.1. The molecule has 0 spiro atoms. The number of hydrogen-bond acceptors (Lipinski definition) is 2. The van der Waals surface area contributed by atoms with Gasteiger partial charge in [0, 0.05) is 30.1 Å². The van der Waals surface area contributed by atoms with Crippen LogP contribution in [0.4, 0.5) is 0 Å². The van der Waals surface area contributed by atoms with E-state index >= 15 is 0 Å². The minimum absolute atomic E-state index is 0.107. The Kier molecular flexibility index (Phi) is 5.58. The molecule has 2 amide bonds. The third-order valence-electron chi connectivity index (χ3n) is 3.62. The number of fused-ring (bicyclic) bond motifs is 1. The van der Waals surface area contributed by atoms with E-state index in [2.05, 4.69) is 15.6 Å². The smallest absolute Gasteiger partial charge is 0.242 e. The predicted molar refractivity (Wildman–Crippen MR) is 87.5 cm³/mol. The number of benzene rings is 1. The van der Waals surface area contributed by atoms with Crippen molar-refractivity contribution in [2.45, 2.75) is 39.2 Å². The molecule has 5 heteroatoms. The molecule has 1 aromatic heterocycles. The number of aryl methyl sites for hydroxylation is 1. The number of para-hydroxylation sites is 1. The first kappa shape index (κ1) is 16.1. The molecule has 0 fully saturated rings. The van der Waals surface area contributed by atoms with E-state index in [-0.39, 0.29) is 11.8 Å². The molecule has 118 valence electrons. The molecule has 5 nitrogen and oxygen atoms in total. The Bertz CT molecular complexity index is 648. The van der Waals surface area contributed by atoms with E-state index in [1.807, 2.05) is 37.4 Å². The topological polar surface area (TPSA) is 74.0 Å². The highest BCUT2D eigenvalue weighted by Crippen LogP contribution is 2.18. The fourth-order valence-corrected chi connectivity index (χ4v) is 2.37. The molecular weight excluding hydrogens is 278 g/mol. The van der Waals surface area contributed by atoms with Crippen LogP contribution in [0.15, 0.2) is 30.5 Å². The van der Waals surface area contributed by atoms with Gasteiger partial charge < -0.3 is 15.6 Å². The van der Waals surface area contributed by atoms with Crippen LogP contribution in [0.25, 0.3) is 10.9 Å². The summed E-state index contributed by atoms with van der Waals surface area (Å²) in [5, 5.41) is 6.65. The molecule has 1 heterocycles. The molecule has 0 aliphatic heterocycles. The minimum Gasteiger partial charge on any atom is -0.361 e. The van der Waals surface area contributed by atoms with Crippen molar-refractivity contribution in [3.63, 3.8) is 0 Å². The van der Waals surface area contributed by atoms with Crippen molar-refractivity contribution in [3.8, 4) is 0 Å². The van der Waals surface area contributed by atoms with E-state index in [0.29, 0.717) is 19.4 Å². The fourth-order valence-electron chi connectivity index (χ4n) is 2.37. The van der Waals surface area contributed by atoms with Gasteiger partial charge in [-0.2, -0.15) is 0 Å². The second-order valence-electron chi connectivity index (χ2n) is 5.44. The molecule has 0 saturated heterocycles. The Morgan fingerprint density at radius 1 is 1.27 bits per heavy atom. The first-order valence-corrected chi connectivity index (χ1v) is 7.74. The lowest BCUT2D eigenvalue weighted by molar-refractivity contribution is -0.128. The minimum atomic E-state index is -0.498. The highest BCUT2D eigenvalue weighted by atomic mass is 16.2. The summed E-state index contributed by atoms with van der Waals surface area (Å²) in [4.78, 5) is 26.9. The van der Waals surface area contributed by atoms with Gasteiger partial charge in [-0.05, 0) is 31.4 Å². The van der Waals surface area contributed by atoms with Crippen molar-refractivity contribution >= 4 is 22.7 Å². The van der Waals surface area contributed by atoms with Crippen molar-refractivity contribution < 1.29 is 9.59 Å². The molecule has 1 atom stereocenters. The third-order valence-corrected chi connectivity index (χ3v) is 3.62. The fraction of sp³-hybridized carbons (Fsp3) is 0.412. The van der Waals surface area contributed by atoms with Crippen LogP contribution >= 0.6 is 0 Å². The molecule has 2 rings (SSSR count). The summed E-state index contributed by atoms with van der Waals surface area (Å²) >= 11 is 0. The van der Waals surface area contributed by atoms with Crippen LogP contribution in [0, 0.1) is 0 Å². The number of H-pyrrole nitrogens is 1. The van der Waals surface area contributed by atoms with Gasteiger partial charge in [0.1, 0.15) is 6.04 Å². The predicted octanol–water partition coefficient (Wildman–Crippen LogP) is 2.13. The van der Waals surface area contributed by atoms with Gasteiger partial charge in [-0.15, -0.1) is 0 Å².